The SMILES string of the molecule is CCOCn1c(-c2ccc(Cl)cc2)c(C#N)c(Br)c1C(F)(F)F.N#Cc1ccc(CC(=N)c2cccc(C(F)(F)F)c2)cc1.NC(=O)Nc1ccc(OC(F)(F)F)cc1. The maximum absolute atomic E-state index is 13.4. The van der Waals surface area contributed by atoms with Gasteiger partial charge in [0.2, 0.25) is 0 Å². The third-order valence-corrected chi connectivity index (χ3v) is 8.51. The molecule has 0 bridgehead atoms. The number of carbonyl (C=O) groups excluding carboxylic acids is 1. The first-order chi connectivity index (χ1) is 27.6. The molecule has 0 saturated heterocycles. The largest absolute Gasteiger partial charge is 0.573 e. The summed E-state index contributed by atoms with van der Waals surface area (Å²) in [5.74, 6) is -0.363. The van der Waals surface area contributed by atoms with Crippen LogP contribution in [0.3, 0.4) is 0 Å². The Morgan fingerprint density at radius 1 is 0.881 bits per heavy atom. The Labute approximate surface area is 344 Å². The van der Waals surface area contributed by atoms with Crippen molar-refractivity contribution in [1.82, 2.24) is 4.57 Å². The Morgan fingerprint density at radius 2 is 1.49 bits per heavy atom. The van der Waals surface area contributed by atoms with Crippen molar-refractivity contribution in [3.63, 3.8) is 0 Å². The lowest BCUT2D eigenvalue weighted by Crippen LogP contribution is -2.19. The van der Waals surface area contributed by atoms with Crippen LogP contribution in [0, 0.1) is 28.1 Å². The summed E-state index contributed by atoms with van der Waals surface area (Å²) < 4.78 is 123. The average molecular weight is 916 g/mol. The number of primary amides is 1. The molecular weight excluding hydrogens is 887 g/mol. The number of nitrogens with two attached hydrogens (primary N) is 1. The van der Waals surface area contributed by atoms with E-state index in [0.29, 0.717) is 16.1 Å². The molecule has 0 saturated carbocycles. The highest BCUT2D eigenvalue weighted by Crippen LogP contribution is 2.43. The van der Waals surface area contributed by atoms with E-state index in [9.17, 15) is 49.6 Å². The summed E-state index contributed by atoms with van der Waals surface area (Å²) in [7, 11) is 0. The number of nitriles is 2. The summed E-state index contributed by atoms with van der Waals surface area (Å²) in [6.07, 6.45) is -13.6. The summed E-state index contributed by atoms with van der Waals surface area (Å²) in [5.41, 5.74) is 5.49. The van der Waals surface area contributed by atoms with Crippen LogP contribution in [0.5, 0.6) is 5.75 Å². The van der Waals surface area contributed by atoms with Crippen molar-refractivity contribution in [2.75, 3.05) is 11.9 Å². The number of aromatic nitrogens is 1. The molecule has 59 heavy (non-hydrogen) atoms. The second-order valence-electron chi connectivity index (χ2n) is 11.7. The number of rotatable bonds is 9. The van der Waals surface area contributed by atoms with Gasteiger partial charge in [-0.2, -0.15) is 36.9 Å². The normalized spacial score (nSPS) is 11.2. The van der Waals surface area contributed by atoms with Crippen LogP contribution in [0.2, 0.25) is 5.02 Å². The van der Waals surface area contributed by atoms with Gasteiger partial charge < -0.3 is 30.5 Å². The molecule has 0 spiro atoms. The number of hydrogen-bond donors (Lipinski definition) is 3. The van der Waals surface area contributed by atoms with Crippen molar-refractivity contribution in [1.29, 1.82) is 15.9 Å². The zero-order valence-corrected chi connectivity index (χ0v) is 32.5. The van der Waals surface area contributed by atoms with Crippen molar-refractivity contribution < 1.29 is 53.8 Å². The van der Waals surface area contributed by atoms with E-state index in [2.05, 4.69) is 26.0 Å². The maximum atomic E-state index is 13.4. The molecule has 5 rings (SSSR count). The van der Waals surface area contributed by atoms with Gasteiger partial charge in [-0.25, -0.2) is 4.79 Å². The molecular formula is C39H29BrClF9N6O3. The van der Waals surface area contributed by atoms with Crippen LogP contribution in [0.4, 0.5) is 50.0 Å². The van der Waals surface area contributed by atoms with Gasteiger partial charge in [-0.15, -0.1) is 13.2 Å². The van der Waals surface area contributed by atoms with E-state index in [1.165, 1.54) is 24.3 Å². The van der Waals surface area contributed by atoms with Crippen LogP contribution in [-0.2, 0) is 30.2 Å². The fraction of sp³-hybridized carbons (Fsp3) is 0.179. The second kappa shape index (κ2) is 20.6. The van der Waals surface area contributed by atoms with E-state index in [1.54, 1.807) is 55.5 Å². The summed E-state index contributed by atoms with van der Waals surface area (Å²) in [4.78, 5) is 10.4. The van der Waals surface area contributed by atoms with E-state index < -0.39 is 36.0 Å². The highest BCUT2D eigenvalue weighted by Gasteiger charge is 2.41. The first kappa shape index (κ1) is 47.4. The van der Waals surface area contributed by atoms with Gasteiger partial charge in [-0.1, -0.05) is 48.0 Å². The Bertz CT molecular complexity index is 2300. The van der Waals surface area contributed by atoms with Crippen LogP contribution < -0.4 is 15.8 Å². The lowest BCUT2D eigenvalue weighted by Gasteiger charge is -2.15. The number of nitrogens with one attached hydrogen (secondary N) is 2. The molecule has 5 aromatic rings. The predicted molar refractivity (Wildman–Crippen MR) is 203 cm³/mol. The first-order valence-electron chi connectivity index (χ1n) is 16.5. The molecule has 310 valence electrons. The number of ether oxygens (including phenoxy) is 2. The maximum Gasteiger partial charge on any atom is 0.573 e. The number of amides is 2. The quantitative estimate of drug-likeness (QED) is 0.0994. The van der Waals surface area contributed by atoms with Gasteiger partial charge in [0.1, 0.15) is 24.2 Å². The van der Waals surface area contributed by atoms with E-state index in [-0.39, 0.29) is 58.2 Å². The van der Waals surface area contributed by atoms with E-state index >= 15 is 0 Å². The number of benzene rings is 4. The molecule has 2 amide bonds. The Morgan fingerprint density at radius 3 is 1.98 bits per heavy atom. The Balaban J connectivity index is 0.000000242. The number of urea groups is 1. The van der Waals surface area contributed by atoms with E-state index in [4.69, 9.17) is 32.7 Å². The molecule has 9 nitrogen and oxygen atoms in total. The summed E-state index contributed by atoms with van der Waals surface area (Å²) in [6, 6.07) is 25.3. The van der Waals surface area contributed by atoms with Crippen LogP contribution >= 0.6 is 27.5 Å². The van der Waals surface area contributed by atoms with Gasteiger partial charge in [-0.05, 0) is 100 Å². The molecule has 20 heteroatoms. The molecule has 4 aromatic carbocycles. The van der Waals surface area contributed by atoms with E-state index in [0.717, 1.165) is 34.4 Å². The number of anilines is 1. The number of nitrogens with zero attached hydrogens (tertiary/aromatic N) is 3. The lowest BCUT2D eigenvalue weighted by molar-refractivity contribution is -0.274. The zero-order chi connectivity index (χ0) is 44.1. The van der Waals surface area contributed by atoms with Crippen molar-refractivity contribution in [3.05, 3.63) is 140 Å². The summed E-state index contributed by atoms with van der Waals surface area (Å²) >= 11 is 8.73. The molecule has 0 atom stereocenters. The third kappa shape index (κ3) is 14.4. The van der Waals surface area contributed by atoms with Gasteiger partial charge in [0.15, 0.2) is 0 Å². The minimum atomic E-state index is -4.72. The highest BCUT2D eigenvalue weighted by atomic mass is 79.9. The monoisotopic (exact) mass is 914 g/mol. The van der Waals surface area contributed by atoms with Crippen LogP contribution in [-0.4, -0.2) is 29.3 Å². The molecule has 0 radical (unpaired) electrons. The van der Waals surface area contributed by atoms with Crippen molar-refractivity contribution >= 4 is 45.0 Å². The topological polar surface area (TPSA) is 150 Å². The van der Waals surface area contributed by atoms with Crippen LogP contribution in [0.15, 0.2) is 102 Å². The number of alkyl halides is 9. The van der Waals surface area contributed by atoms with Gasteiger partial charge >= 0.3 is 24.7 Å². The Hall–Kier alpha value is -6.02. The molecule has 4 N–H and O–H groups in total. The molecule has 1 aromatic heterocycles. The smallest absolute Gasteiger partial charge is 0.406 e. The fourth-order valence-electron chi connectivity index (χ4n) is 4.96. The number of hydrogen-bond acceptors (Lipinski definition) is 6. The van der Waals surface area contributed by atoms with Crippen LogP contribution in [0.1, 0.15) is 40.4 Å². The van der Waals surface area contributed by atoms with Crippen molar-refractivity contribution in [2.24, 2.45) is 5.73 Å². The molecule has 0 aliphatic carbocycles. The molecule has 0 aliphatic heterocycles. The lowest BCUT2D eigenvalue weighted by atomic mass is 10.00. The second-order valence-corrected chi connectivity index (χ2v) is 12.9. The fourth-order valence-corrected chi connectivity index (χ4v) is 5.80. The summed E-state index contributed by atoms with van der Waals surface area (Å²) in [5, 5.41) is 28.6. The highest BCUT2D eigenvalue weighted by molar-refractivity contribution is 9.10. The Kier molecular flexibility index (Phi) is 16.5. The van der Waals surface area contributed by atoms with Crippen LogP contribution in [0.25, 0.3) is 11.3 Å². The third-order valence-electron chi connectivity index (χ3n) is 7.48. The van der Waals surface area contributed by atoms with Gasteiger partial charge in [-0.3, -0.25) is 0 Å². The molecule has 0 unspecified atom stereocenters. The minimum Gasteiger partial charge on any atom is -0.406 e. The van der Waals surface area contributed by atoms with Gasteiger partial charge in [0.25, 0.3) is 0 Å². The summed E-state index contributed by atoms with van der Waals surface area (Å²) in [6.45, 7) is 1.61. The minimum absolute atomic E-state index is 0.0978. The number of halogens is 11. The van der Waals surface area contributed by atoms with E-state index in [1.807, 2.05) is 12.1 Å². The zero-order valence-electron chi connectivity index (χ0n) is 30.2. The van der Waals surface area contributed by atoms with Gasteiger partial charge in [0, 0.05) is 29.4 Å². The van der Waals surface area contributed by atoms with Crippen molar-refractivity contribution in [2.45, 2.75) is 38.8 Å². The van der Waals surface area contributed by atoms with Gasteiger partial charge in [0.05, 0.1) is 32.9 Å². The molecule has 1 heterocycles. The predicted octanol–water partition coefficient (Wildman–Crippen LogP) is 11.7. The molecule has 0 fully saturated rings. The van der Waals surface area contributed by atoms with Crippen molar-refractivity contribution in [3.8, 4) is 29.1 Å². The number of carbonyl (C=O) groups is 1. The average Bonchev–Trinajstić information content (AvgIpc) is 3.46. The first-order valence-corrected chi connectivity index (χ1v) is 17.6. The molecule has 0 aliphatic rings. The standard InChI is InChI=1S/C16H11F3N2.C15H11BrClF3N2O.C8H7F3N2O2/c17-16(18,19)14-3-1-2-13(9-14)15(21)8-11-4-6-12(10-20)7-5-11;1-2-23-8-22-13(9-3-5-10(17)6-4-9)11(7-21)12(16)14(22)15(18,19)20;9-8(10,11)15-6-3-1-5(2-4-6)13-7(12)14/h1-7,9,21H,8H2;3-6H,2,8H2,1H3;1-4H,(H3,12,13,14).